The van der Waals surface area contributed by atoms with Crippen molar-refractivity contribution in [2.45, 2.75) is 27.3 Å². The molecule has 0 unspecified atom stereocenters. The number of aromatic nitrogens is 3. The number of carbonyl (C=O) groups excluding carboxylic acids is 2. The lowest BCUT2D eigenvalue weighted by atomic mass is 10.2. The highest BCUT2D eigenvalue weighted by Crippen LogP contribution is 2.20. The molecule has 2 aromatic heterocycles. The standard InChI is InChI=1S/C25H25N5O2/c1-17-14-22(19(3)30(17)21-12-8-5-9-13-21)24(31)27-28-25(32)23-15-26-29(18(23)2)16-20-10-6-4-7-11-20/h4-15H,16H2,1-3H3,(H,27,31)(H,28,32). The number of benzene rings is 2. The number of carbonyl (C=O) groups is 2. The lowest BCUT2D eigenvalue weighted by Gasteiger charge is -2.10. The van der Waals surface area contributed by atoms with Crippen LogP contribution in [0.5, 0.6) is 0 Å². The highest BCUT2D eigenvalue weighted by atomic mass is 16.2. The monoisotopic (exact) mass is 427 g/mol. The summed E-state index contributed by atoms with van der Waals surface area (Å²) >= 11 is 0. The normalized spacial score (nSPS) is 10.7. The first-order valence-corrected chi connectivity index (χ1v) is 10.4. The zero-order valence-electron chi connectivity index (χ0n) is 18.3. The fourth-order valence-electron chi connectivity index (χ4n) is 3.80. The van der Waals surface area contributed by atoms with E-state index in [9.17, 15) is 9.59 Å². The Morgan fingerprint density at radius 1 is 0.812 bits per heavy atom. The van der Waals surface area contributed by atoms with Crippen molar-refractivity contribution in [2.75, 3.05) is 0 Å². The molecule has 162 valence electrons. The van der Waals surface area contributed by atoms with Gasteiger partial charge in [-0.15, -0.1) is 0 Å². The number of aryl methyl sites for hydroxylation is 1. The number of hydrazine groups is 1. The van der Waals surface area contributed by atoms with Crippen LogP contribution in [0.15, 0.2) is 72.9 Å². The van der Waals surface area contributed by atoms with E-state index >= 15 is 0 Å². The number of hydrogen-bond acceptors (Lipinski definition) is 3. The van der Waals surface area contributed by atoms with Gasteiger partial charge in [0, 0.05) is 22.8 Å². The zero-order chi connectivity index (χ0) is 22.7. The molecule has 2 heterocycles. The smallest absolute Gasteiger partial charge is 0.273 e. The number of hydrogen-bond donors (Lipinski definition) is 2. The van der Waals surface area contributed by atoms with Gasteiger partial charge in [-0.25, -0.2) is 0 Å². The fourth-order valence-corrected chi connectivity index (χ4v) is 3.80. The third-order valence-electron chi connectivity index (χ3n) is 5.50. The predicted molar refractivity (Wildman–Crippen MR) is 123 cm³/mol. The van der Waals surface area contributed by atoms with Crippen molar-refractivity contribution in [3.8, 4) is 5.69 Å². The van der Waals surface area contributed by atoms with E-state index in [-0.39, 0.29) is 5.91 Å². The molecule has 0 bridgehead atoms. The zero-order valence-corrected chi connectivity index (χ0v) is 18.3. The van der Waals surface area contributed by atoms with Crippen LogP contribution in [0.2, 0.25) is 0 Å². The Bertz CT molecular complexity index is 1260. The molecule has 7 nitrogen and oxygen atoms in total. The molecule has 0 atom stereocenters. The van der Waals surface area contributed by atoms with Crippen molar-refractivity contribution in [2.24, 2.45) is 0 Å². The van der Waals surface area contributed by atoms with E-state index in [4.69, 9.17) is 0 Å². The first-order chi connectivity index (χ1) is 15.5. The van der Waals surface area contributed by atoms with E-state index in [0.717, 1.165) is 28.3 Å². The Balaban J connectivity index is 1.44. The molecule has 2 amide bonds. The fraction of sp³-hybridized carbons (Fsp3) is 0.160. The lowest BCUT2D eigenvalue weighted by molar-refractivity contribution is 0.0846. The first-order valence-electron chi connectivity index (χ1n) is 10.4. The van der Waals surface area contributed by atoms with Gasteiger partial charge in [-0.3, -0.25) is 25.1 Å². The molecule has 0 aliphatic carbocycles. The summed E-state index contributed by atoms with van der Waals surface area (Å²) in [5.74, 6) is -0.782. The summed E-state index contributed by atoms with van der Waals surface area (Å²) in [5, 5.41) is 4.32. The van der Waals surface area contributed by atoms with Gasteiger partial charge in [0.05, 0.1) is 23.9 Å². The van der Waals surface area contributed by atoms with Crippen LogP contribution in [0.1, 0.15) is 43.4 Å². The lowest BCUT2D eigenvalue weighted by Crippen LogP contribution is -2.42. The molecule has 32 heavy (non-hydrogen) atoms. The Kier molecular flexibility index (Phi) is 5.89. The van der Waals surface area contributed by atoms with Gasteiger partial charge in [0.25, 0.3) is 11.8 Å². The summed E-state index contributed by atoms with van der Waals surface area (Å²) in [5.41, 5.74) is 10.5. The molecular weight excluding hydrogens is 402 g/mol. The minimum absolute atomic E-state index is 0.372. The van der Waals surface area contributed by atoms with Crippen LogP contribution in [-0.2, 0) is 6.54 Å². The van der Waals surface area contributed by atoms with Gasteiger partial charge in [-0.2, -0.15) is 5.10 Å². The third-order valence-corrected chi connectivity index (χ3v) is 5.50. The topological polar surface area (TPSA) is 81.0 Å². The van der Waals surface area contributed by atoms with Gasteiger partial charge >= 0.3 is 0 Å². The van der Waals surface area contributed by atoms with E-state index < -0.39 is 5.91 Å². The number of rotatable bonds is 5. The molecule has 0 saturated carbocycles. The van der Waals surface area contributed by atoms with E-state index in [2.05, 4.69) is 16.0 Å². The molecule has 7 heteroatoms. The molecule has 4 aromatic rings. The largest absolute Gasteiger partial charge is 0.318 e. The van der Waals surface area contributed by atoms with Crippen LogP contribution in [0.3, 0.4) is 0 Å². The van der Waals surface area contributed by atoms with Crippen molar-refractivity contribution < 1.29 is 9.59 Å². The van der Waals surface area contributed by atoms with Crippen LogP contribution in [0.4, 0.5) is 0 Å². The molecule has 0 radical (unpaired) electrons. The van der Waals surface area contributed by atoms with Gasteiger partial charge in [0.1, 0.15) is 0 Å². The van der Waals surface area contributed by atoms with Crippen LogP contribution < -0.4 is 10.9 Å². The Morgan fingerprint density at radius 2 is 1.41 bits per heavy atom. The average molecular weight is 428 g/mol. The molecule has 0 saturated heterocycles. The molecular formula is C25H25N5O2. The van der Waals surface area contributed by atoms with Crippen molar-refractivity contribution in [3.05, 3.63) is 107 Å². The first kappa shape index (κ1) is 21.1. The minimum Gasteiger partial charge on any atom is -0.318 e. The molecule has 0 fully saturated rings. The molecule has 0 spiro atoms. The highest BCUT2D eigenvalue weighted by molar-refractivity contribution is 6.00. The molecule has 2 aromatic carbocycles. The number of para-hydroxylation sites is 1. The van der Waals surface area contributed by atoms with Crippen molar-refractivity contribution >= 4 is 11.8 Å². The van der Waals surface area contributed by atoms with E-state index in [1.807, 2.05) is 92.1 Å². The Labute approximate surface area is 186 Å². The van der Waals surface area contributed by atoms with Gasteiger partial charge in [0.15, 0.2) is 0 Å². The van der Waals surface area contributed by atoms with E-state index in [1.54, 1.807) is 4.68 Å². The highest BCUT2D eigenvalue weighted by Gasteiger charge is 2.19. The summed E-state index contributed by atoms with van der Waals surface area (Å²) in [4.78, 5) is 25.4. The third kappa shape index (κ3) is 4.18. The summed E-state index contributed by atoms with van der Waals surface area (Å²) in [6, 6.07) is 21.5. The summed E-state index contributed by atoms with van der Waals surface area (Å²) in [7, 11) is 0. The number of nitrogens with one attached hydrogen (secondary N) is 2. The van der Waals surface area contributed by atoms with Crippen molar-refractivity contribution in [1.29, 1.82) is 0 Å². The van der Waals surface area contributed by atoms with Gasteiger partial charge in [-0.1, -0.05) is 48.5 Å². The SMILES string of the molecule is Cc1c(C(=O)NNC(=O)c2cc(C)n(-c3ccccc3)c2C)cnn1Cc1ccccc1. The van der Waals surface area contributed by atoms with Crippen molar-refractivity contribution in [3.63, 3.8) is 0 Å². The summed E-state index contributed by atoms with van der Waals surface area (Å²) < 4.78 is 3.77. The second-order valence-electron chi connectivity index (χ2n) is 7.65. The van der Waals surface area contributed by atoms with Gasteiger partial charge in [-0.05, 0) is 44.5 Å². The molecule has 0 aliphatic rings. The predicted octanol–water partition coefficient (Wildman–Crippen LogP) is 3.72. The maximum absolute atomic E-state index is 12.8. The average Bonchev–Trinajstić information content (AvgIpc) is 3.31. The Hall–Kier alpha value is -4.13. The van der Waals surface area contributed by atoms with Crippen LogP contribution in [0, 0.1) is 20.8 Å². The Morgan fingerprint density at radius 3 is 2.06 bits per heavy atom. The van der Waals surface area contributed by atoms with Crippen LogP contribution >= 0.6 is 0 Å². The minimum atomic E-state index is -0.410. The second kappa shape index (κ2) is 8.93. The van der Waals surface area contributed by atoms with E-state index in [1.165, 1.54) is 6.20 Å². The second-order valence-corrected chi connectivity index (χ2v) is 7.65. The molecule has 4 rings (SSSR count). The molecule has 2 N–H and O–H groups in total. The van der Waals surface area contributed by atoms with Gasteiger partial charge < -0.3 is 4.57 Å². The number of amides is 2. The van der Waals surface area contributed by atoms with Gasteiger partial charge in [0.2, 0.25) is 0 Å². The maximum Gasteiger partial charge on any atom is 0.273 e. The quantitative estimate of drug-likeness (QED) is 0.476. The van der Waals surface area contributed by atoms with Crippen LogP contribution in [-0.4, -0.2) is 26.2 Å². The van der Waals surface area contributed by atoms with Crippen LogP contribution in [0.25, 0.3) is 5.69 Å². The maximum atomic E-state index is 12.8. The molecule has 0 aliphatic heterocycles. The van der Waals surface area contributed by atoms with E-state index in [0.29, 0.717) is 17.7 Å². The number of nitrogens with zero attached hydrogens (tertiary/aromatic N) is 3. The van der Waals surface area contributed by atoms with Crippen molar-refractivity contribution in [1.82, 2.24) is 25.2 Å². The summed E-state index contributed by atoms with van der Waals surface area (Å²) in [6.45, 7) is 6.23. The summed E-state index contributed by atoms with van der Waals surface area (Å²) in [6.07, 6.45) is 1.51.